The number of para-hydroxylation sites is 3. The molecule has 0 aliphatic heterocycles. The number of nitrogens with zero attached hydrogens (tertiary/aromatic N) is 4. The highest BCUT2D eigenvalue weighted by atomic mass is 15.1. The van der Waals surface area contributed by atoms with Crippen LogP contribution in [-0.2, 0) is 6.42 Å². The first-order valence-corrected chi connectivity index (χ1v) is 21.6. The van der Waals surface area contributed by atoms with Crippen LogP contribution in [0.3, 0.4) is 0 Å². The van der Waals surface area contributed by atoms with Crippen molar-refractivity contribution in [2.45, 2.75) is 25.7 Å². The van der Waals surface area contributed by atoms with Crippen molar-refractivity contribution >= 4 is 62.3 Å². The van der Waals surface area contributed by atoms with Gasteiger partial charge in [0.15, 0.2) is 0 Å². The van der Waals surface area contributed by atoms with Gasteiger partial charge in [0.05, 0.1) is 28.2 Å². The summed E-state index contributed by atoms with van der Waals surface area (Å²) >= 11 is 0. The zero-order valence-corrected chi connectivity index (χ0v) is 34.6. The molecule has 7 aromatic carbocycles. The average molecular weight is 797 g/mol. The van der Waals surface area contributed by atoms with Gasteiger partial charge in [-0.1, -0.05) is 128 Å². The Morgan fingerprint density at radius 1 is 0.581 bits per heavy atom. The molecule has 0 amide bonds. The van der Waals surface area contributed by atoms with Gasteiger partial charge < -0.3 is 14.0 Å². The highest BCUT2D eigenvalue weighted by molar-refractivity contribution is 6.10. The Kier molecular flexibility index (Phi) is 9.36. The normalized spacial score (nSPS) is 15.9. The lowest BCUT2D eigenvalue weighted by atomic mass is 9.90. The summed E-state index contributed by atoms with van der Waals surface area (Å²) in [4.78, 5) is 2.32. The lowest BCUT2D eigenvalue weighted by molar-refractivity contribution is 0.690. The maximum Gasteiger partial charge on any atom is 0.0991 e. The standard InChI is InChI=1S/C58H44N4/c1-40-16-33-52-53-37-42(23-34-56(53)62(58(52)36-40)47-12-6-3-7-13-47)18-17-41-19-24-44(25-20-41)45-26-30-49(31-27-45)60(48-28-21-43(39-59)22-29-48)50-32-35-57-54(38-50)51-14-8-9-15-55(51)61(57)46-10-4-2-5-11-46/h2-26,28-35,37-38,40,45H,27,36H2,1H3/b18-17+. The van der Waals surface area contributed by atoms with Crippen molar-refractivity contribution in [3.63, 3.8) is 0 Å². The van der Waals surface area contributed by atoms with E-state index in [4.69, 9.17) is 0 Å². The number of hydrogen-bond acceptors (Lipinski definition) is 2. The van der Waals surface area contributed by atoms with Crippen LogP contribution in [-0.4, -0.2) is 9.13 Å². The van der Waals surface area contributed by atoms with Gasteiger partial charge in [0.25, 0.3) is 0 Å². The Morgan fingerprint density at radius 2 is 1.23 bits per heavy atom. The van der Waals surface area contributed by atoms with E-state index >= 15 is 0 Å². The van der Waals surface area contributed by atoms with E-state index in [-0.39, 0.29) is 5.92 Å². The number of fused-ring (bicyclic) bond motifs is 6. The molecule has 2 heterocycles. The van der Waals surface area contributed by atoms with Gasteiger partial charge in [-0.05, 0) is 126 Å². The van der Waals surface area contributed by atoms with Crippen LogP contribution in [0.1, 0.15) is 52.8 Å². The third-order valence-electron chi connectivity index (χ3n) is 12.6. The quantitative estimate of drug-likeness (QED) is 0.144. The van der Waals surface area contributed by atoms with E-state index in [0.29, 0.717) is 11.5 Å². The molecule has 0 spiro atoms. The molecule has 9 aromatic rings. The van der Waals surface area contributed by atoms with Gasteiger partial charge in [0, 0.05) is 61.8 Å². The fraction of sp³-hybridized carbons (Fsp3) is 0.0862. The van der Waals surface area contributed by atoms with E-state index in [9.17, 15) is 5.26 Å². The van der Waals surface area contributed by atoms with E-state index in [2.05, 4.69) is 215 Å². The highest BCUT2D eigenvalue weighted by Gasteiger charge is 2.23. The van der Waals surface area contributed by atoms with Gasteiger partial charge >= 0.3 is 0 Å². The molecule has 0 N–H and O–H groups in total. The summed E-state index contributed by atoms with van der Waals surface area (Å²) in [5.41, 5.74) is 16.2. The highest BCUT2D eigenvalue weighted by Crippen LogP contribution is 2.40. The number of nitriles is 1. The Morgan fingerprint density at radius 3 is 1.97 bits per heavy atom. The second-order valence-corrected chi connectivity index (χ2v) is 16.6. The van der Waals surface area contributed by atoms with Gasteiger partial charge in [-0.25, -0.2) is 0 Å². The predicted molar refractivity (Wildman–Crippen MR) is 259 cm³/mol. The molecule has 11 rings (SSSR count). The first kappa shape index (κ1) is 37.2. The fourth-order valence-electron chi connectivity index (χ4n) is 9.54. The minimum Gasteiger partial charge on any atom is -0.313 e. The average Bonchev–Trinajstić information content (AvgIpc) is 3.84. The largest absolute Gasteiger partial charge is 0.313 e. The van der Waals surface area contributed by atoms with E-state index < -0.39 is 0 Å². The van der Waals surface area contributed by atoms with Crippen molar-refractivity contribution in [1.82, 2.24) is 9.13 Å². The van der Waals surface area contributed by atoms with Crippen LogP contribution in [0.15, 0.2) is 200 Å². The van der Waals surface area contributed by atoms with Gasteiger partial charge in [-0.2, -0.15) is 5.26 Å². The third kappa shape index (κ3) is 6.65. The number of rotatable bonds is 8. The Hall–Kier alpha value is -7.87. The second kappa shape index (κ2) is 15.6. The van der Waals surface area contributed by atoms with E-state index in [1.54, 1.807) is 0 Å². The summed E-state index contributed by atoms with van der Waals surface area (Å²) in [6.45, 7) is 2.30. The van der Waals surface area contributed by atoms with Crippen molar-refractivity contribution in [3.05, 3.63) is 233 Å². The zero-order valence-electron chi connectivity index (χ0n) is 34.6. The minimum absolute atomic E-state index is 0.268. The molecule has 2 aliphatic carbocycles. The summed E-state index contributed by atoms with van der Waals surface area (Å²) in [5.74, 6) is 0.785. The van der Waals surface area contributed by atoms with Crippen LogP contribution in [0.5, 0.6) is 0 Å². The van der Waals surface area contributed by atoms with Crippen LogP contribution >= 0.6 is 0 Å². The Balaban J connectivity index is 0.863. The molecule has 0 fully saturated rings. The third-order valence-corrected chi connectivity index (χ3v) is 12.6. The first-order valence-electron chi connectivity index (χ1n) is 21.6. The summed E-state index contributed by atoms with van der Waals surface area (Å²) < 4.78 is 4.80. The molecule has 62 heavy (non-hydrogen) atoms. The molecule has 0 saturated heterocycles. The van der Waals surface area contributed by atoms with Gasteiger partial charge in [-0.3, -0.25) is 0 Å². The molecular formula is C58H44N4. The summed E-state index contributed by atoms with van der Waals surface area (Å²) in [6, 6.07) is 62.8. The van der Waals surface area contributed by atoms with Gasteiger partial charge in [0.2, 0.25) is 0 Å². The predicted octanol–water partition coefficient (Wildman–Crippen LogP) is 14.7. The smallest absolute Gasteiger partial charge is 0.0991 e. The molecule has 2 atom stereocenters. The molecule has 0 radical (unpaired) electrons. The van der Waals surface area contributed by atoms with Gasteiger partial charge in [0.1, 0.15) is 0 Å². The van der Waals surface area contributed by atoms with E-state index in [1.165, 1.54) is 60.8 Å². The second-order valence-electron chi connectivity index (χ2n) is 16.6. The van der Waals surface area contributed by atoms with Crippen molar-refractivity contribution in [3.8, 4) is 17.4 Å². The lowest BCUT2D eigenvalue weighted by Gasteiger charge is -2.29. The van der Waals surface area contributed by atoms with Crippen LogP contribution in [0.2, 0.25) is 0 Å². The van der Waals surface area contributed by atoms with Crippen molar-refractivity contribution in [2.75, 3.05) is 4.90 Å². The molecule has 2 unspecified atom stereocenters. The molecule has 296 valence electrons. The topological polar surface area (TPSA) is 36.9 Å². The molecule has 2 aliphatic rings. The van der Waals surface area contributed by atoms with Crippen LogP contribution in [0, 0.1) is 17.2 Å². The summed E-state index contributed by atoms with van der Waals surface area (Å²) in [7, 11) is 0. The van der Waals surface area contributed by atoms with Crippen LogP contribution in [0.25, 0.3) is 62.3 Å². The molecule has 4 heteroatoms. The molecule has 2 aromatic heterocycles. The molecular weight excluding hydrogens is 753 g/mol. The minimum atomic E-state index is 0.268. The van der Waals surface area contributed by atoms with Crippen molar-refractivity contribution < 1.29 is 0 Å². The van der Waals surface area contributed by atoms with Crippen molar-refractivity contribution in [2.24, 2.45) is 5.92 Å². The van der Waals surface area contributed by atoms with E-state index in [0.717, 1.165) is 41.1 Å². The number of anilines is 2. The molecule has 0 bridgehead atoms. The number of aromatic nitrogens is 2. The fourth-order valence-corrected chi connectivity index (χ4v) is 9.54. The lowest BCUT2D eigenvalue weighted by Crippen LogP contribution is -2.17. The maximum atomic E-state index is 9.60. The van der Waals surface area contributed by atoms with Crippen LogP contribution in [0.4, 0.5) is 11.4 Å². The monoisotopic (exact) mass is 796 g/mol. The first-order chi connectivity index (χ1) is 30.6. The number of allylic oxidation sites excluding steroid dienone is 4. The molecule has 4 nitrogen and oxygen atoms in total. The Labute approximate surface area is 362 Å². The number of hydrogen-bond donors (Lipinski definition) is 0. The van der Waals surface area contributed by atoms with Crippen LogP contribution < -0.4 is 4.90 Å². The van der Waals surface area contributed by atoms with E-state index in [1.807, 2.05) is 24.3 Å². The van der Waals surface area contributed by atoms with Gasteiger partial charge in [-0.15, -0.1) is 0 Å². The van der Waals surface area contributed by atoms with Crippen molar-refractivity contribution in [1.29, 1.82) is 5.26 Å². The zero-order chi connectivity index (χ0) is 41.6. The SMILES string of the molecule is CC1C=Cc2c(n(-c3ccccc3)c3ccc(/C=C/c4ccc(C5C=CC(N(c6ccc(C#N)cc6)c6ccc7c(c6)c6ccccc6n7-c6ccccc6)=CC5)cc4)cc23)C1. The summed E-state index contributed by atoms with van der Waals surface area (Å²) in [6.07, 6.45) is 18.0. The number of benzene rings is 7. The summed E-state index contributed by atoms with van der Waals surface area (Å²) in [5, 5.41) is 13.3. The molecule has 0 saturated carbocycles. The Bertz CT molecular complexity index is 3300. The maximum absolute atomic E-state index is 9.60.